The molecule has 13 heteroatoms. The molecule has 1 aliphatic carbocycles. The number of hydrogen-bond acceptors (Lipinski definition) is 8. The molecule has 0 saturated heterocycles. The molecule has 1 aliphatic rings. The Hall–Kier alpha value is -3.84. The molecule has 1 aromatic carbocycles. The fraction of sp³-hybridized carbons (Fsp3) is 0.385. The lowest BCUT2D eigenvalue weighted by Crippen LogP contribution is -2.44. The fourth-order valence-electron chi connectivity index (χ4n) is 5.03. The lowest BCUT2D eigenvalue weighted by atomic mass is 9.89. The van der Waals surface area contributed by atoms with Crippen LogP contribution in [0.1, 0.15) is 37.7 Å². The number of benzene rings is 1. The summed E-state index contributed by atoms with van der Waals surface area (Å²) in [6.07, 6.45) is 6.72. The van der Waals surface area contributed by atoms with Crippen LogP contribution in [0.2, 0.25) is 0 Å². The van der Waals surface area contributed by atoms with Crippen LogP contribution in [0.5, 0.6) is 0 Å². The Bertz CT molecular complexity index is 1580. The van der Waals surface area contributed by atoms with Crippen LogP contribution in [-0.4, -0.2) is 58.1 Å². The van der Waals surface area contributed by atoms with Crippen LogP contribution in [0.15, 0.2) is 42.6 Å². The number of hydrogen-bond donors (Lipinski definition) is 2. The van der Waals surface area contributed by atoms with Crippen LogP contribution < -0.4 is 15.8 Å². The number of nitrogen functional groups attached to an aromatic ring is 2. The minimum Gasteiger partial charge on any atom is -0.382 e. The smallest absolute Gasteiger partial charge is 0.303 e. The minimum atomic E-state index is -3.92. The molecule has 3 heterocycles. The van der Waals surface area contributed by atoms with Crippen molar-refractivity contribution in [3.05, 3.63) is 54.0 Å². The molecule has 0 atom stereocenters. The monoisotopic (exact) mass is 553 g/mol. The van der Waals surface area contributed by atoms with Gasteiger partial charge in [0.1, 0.15) is 17.2 Å². The first-order valence-electron chi connectivity index (χ1n) is 12.8. The predicted octanol–water partition coefficient (Wildman–Crippen LogP) is 3.43. The van der Waals surface area contributed by atoms with Crippen molar-refractivity contribution in [2.24, 2.45) is 5.92 Å². The number of aromatic nitrogens is 5. The quantitative estimate of drug-likeness (QED) is 0.337. The topological polar surface area (TPSA) is 149 Å². The first kappa shape index (κ1) is 26.8. The van der Waals surface area contributed by atoms with E-state index in [1.165, 1.54) is 24.5 Å². The summed E-state index contributed by atoms with van der Waals surface area (Å²) >= 11 is 0. The van der Waals surface area contributed by atoms with Crippen LogP contribution >= 0.6 is 0 Å². The number of halogens is 1. The number of fused-ring (bicyclic) bond motifs is 1. The largest absolute Gasteiger partial charge is 0.382 e. The zero-order valence-corrected chi connectivity index (χ0v) is 22.8. The van der Waals surface area contributed by atoms with Gasteiger partial charge in [0.25, 0.3) is 0 Å². The molecular formula is C26H32FN9O2S. The van der Waals surface area contributed by atoms with E-state index in [1.807, 2.05) is 0 Å². The average molecular weight is 554 g/mol. The highest BCUT2D eigenvalue weighted by atomic mass is 32.2. The maximum absolute atomic E-state index is 14.4. The Balaban J connectivity index is 1.58. The van der Waals surface area contributed by atoms with E-state index in [1.54, 1.807) is 41.2 Å². The molecular weight excluding hydrogens is 521 g/mol. The van der Waals surface area contributed by atoms with E-state index in [0.717, 1.165) is 36.4 Å². The Labute approximate surface area is 226 Å². The van der Waals surface area contributed by atoms with Gasteiger partial charge in [-0.2, -0.15) is 17.8 Å². The van der Waals surface area contributed by atoms with E-state index < -0.39 is 10.2 Å². The maximum Gasteiger partial charge on any atom is 0.303 e. The third kappa shape index (κ3) is 5.23. The Morgan fingerprint density at radius 1 is 1.03 bits per heavy atom. The van der Waals surface area contributed by atoms with Crippen molar-refractivity contribution < 1.29 is 12.8 Å². The normalized spacial score (nSPS) is 14.8. The van der Waals surface area contributed by atoms with Gasteiger partial charge in [-0.15, -0.1) is 0 Å². The maximum atomic E-state index is 14.4. The number of nitrogens with two attached hydrogens (primary N) is 2. The second-order valence-electron chi connectivity index (χ2n) is 9.96. The Morgan fingerprint density at radius 3 is 2.38 bits per heavy atom. The first-order valence-corrected chi connectivity index (χ1v) is 14.2. The van der Waals surface area contributed by atoms with E-state index in [-0.39, 0.29) is 48.0 Å². The molecule has 3 aromatic heterocycles. The number of rotatable bonds is 8. The van der Waals surface area contributed by atoms with Crippen molar-refractivity contribution in [2.45, 2.75) is 38.6 Å². The molecule has 4 N–H and O–H groups in total. The highest BCUT2D eigenvalue weighted by Gasteiger charge is 2.33. The molecule has 1 saturated carbocycles. The number of anilines is 3. The first-order chi connectivity index (χ1) is 18.7. The molecule has 5 rings (SSSR count). The van der Waals surface area contributed by atoms with Crippen LogP contribution in [0.4, 0.5) is 21.7 Å². The van der Waals surface area contributed by atoms with Gasteiger partial charge in [0.05, 0.1) is 11.9 Å². The van der Waals surface area contributed by atoms with Crippen LogP contribution in [0.3, 0.4) is 0 Å². The molecule has 206 valence electrons. The second-order valence-corrected chi connectivity index (χ2v) is 12.0. The summed E-state index contributed by atoms with van der Waals surface area (Å²) in [6.45, 7) is 0.376. The summed E-state index contributed by atoms with van der Waals surface area (Å²) in [7, 11) is -0.993. The second kappa shape index (κ2) is 10.7. The molecule has 0 spiro atoms. The Morgan fingerprint density at radius 2 is 1.72 bits per heavy atom. The van der Waals surface area contributed by atoms with Crippen molar-refractivity contribution in [1.29, 1.82) is 0 Å². The van der Waals surface area contributed by atoms with E-state index in [4.69, 9.17) is 11.5 Å². The SMILES string of the molecule is CN(C)S(=O)(=O)N(CC1CCCCC1)c1c(N)nc(-c2nn(Cc3ccccc3F)c3ncccc23)nc1N. The summed E-state index contributed by atoms with van der Waals surface area (Å²) in [4.78, 5) is 13.4. The lowest BCUT2D eigenvalue weighted by molar-refractivity contribution is 0.364. The van der Waals surface area contributed by atoms with E-state index in [9.17, 15) is 12.8 Å². The molecule has 1 fully saturated rings. The van der Waals surface area contributed by atoms with E-state index in [0.29, 0.717) is 22.3 Å². The van der Waals surface area contributed by atoms with Gasteiger partial charge in [0, 0.05) is 32.4 Å². The zero-order valence-electron chi connectivity index (χ0n) is 22.0. The lowest BCUT2D eigenvalue weighted by Gasteiger charge is -2.33. The van der Waals surface area contributed by atoms with Gasteiger partial charge < -0.3 is 11.5 Å². The molecule has 11 nitrogen and oxygen atoms in total. The van der Waals surface area contributed by atoms with Gasteiger partial charge in [-0.1, -0.05) is 37.5 Å². The fourth-order valence-corrected chi connectivity index (χ4v) is 6.24. The van der Waals surface area contributed by atoms with Gasteiger partial charge in [0.2, 0.25) is 0 Å². The molecule has 4 aromatic rings. The summed E-state index contributed by atoms with van der Waals surface area (Å²) in [5, 5.41) is 5.26. The highest BCUT2D eigenvalue weighted by Crippen LogP contribution is 2.36. The number of pyridine rings is 1. The van der Waals surface area contributed by atoms with Gasteiger partial charge in [-0.05, 0) is 37.0 Å². The van der Waals surface area contributed by atoms with Crippen molar-refractivity contribution >= 4 is 38.6 Å². The minimum absolute atomic E-state index is 0.0613. The van der Waals surface area contributed by atoms with Crippen LogP contribution in [-0.2, 0) is 16.8 Å². The van der Waals surface area contributed by atoms with Crippen molar-refractivity contribution in [1.82, 2.24) is 29.0 Å². The van der Waals surface area contributed by atoms with E-state index >= 15 is 0 Å². The molecule has 0 aliphatic heterocycles. The molecule has 0 radical (unpaired) electrons. The predicted molar refractivity (Wildman–Crippen MR) is 149 cm³/mol. The molecule has 39 heavy (non-hydrogen) atoms. The van der Waals surface area contributed by atoms with E-state index in [2.05, 4.69) is 20.1 Å². The number of nitrogens with zero attached hydrogens (tertiary/aromatic N) is 7. The summed E-state index contributed by atoms with van der Waals surface area (Å²) in [5.41, 5.74) is 14.2. The summed E-state index contributed by atoms with van der Waals surface area (Å²) in [5.74, 6) is -0.193. The van der Waals surface area contributed by atoms with Crippen molar-refractivity contribution in [3.63, 3.8) is 0 Å². The summed E-state index contributed by atoms with van der Waals surface area (Å²) in [6, 6.07) is 10.00. The highest BCUT2D eigenvalue weighted by molar-refractivity contribution is 7.90. The van der Waals surface area contributed by atoms with Crippen LogP contribution in [0.25, 0.3) is 22.6 Å². The van der Waals surface area contributed by atoms with Crippen LogP contribution in [0, 0.1) is 11.7 Å². The molecule has 0 amide bonds. The van der Waals surface area contributed by atoms with Gasteiger partial charge >= 0.3 is 10.2 Å². The van der Waals surface area contributed by atoms with Gasteiger partial charge in [-0.25, -0.2) is 28.3 Å². The van der Waals surface area contributed by atoms with Crippen molar-refractivity contribution in [2.75, 3.05) is 36.4 Å². The Kier molecular flexibility index (Phi) is 7.36. The average Bonchev–Trinajstić information content (AvgIpc) is 3.28. The van der Waals surface area contributed by atoms with Crippen molar-refractivity contribution in [3.8, 4) is 11.5 Å². The molecule has 0 unspecified atom stereocenters. The molecule has 0 bridgehead atoms. The van der Waals surface area contributed by atoms with Gasteiger partial charge in [-0.3, -0.25) is 0 Å². The standard InChI is InChI=1S/C26H32FN9O2S/c1-34(2)39(37,38)36(15-17-9-4-3-5-10-17)22-23(28)31-25(32-24(22)29)21-19-12-8-14-30-26(19)35(33-21)16-18-11-6-7-13-20(18)27/h6-8,11-14,17H,3-5,9-10,15-16H2,1-2H3,(H4,28,29,31,32). The third-order valence-corrected chi connectivity index (χ3v) is 8.88. The zero-order chi connectivity index (χ0) is 27.7. The van der Waals surface area contributed by atoms with Gasteiger partial charge in [0.15, 0.2) is 23.1 Å². The summed E-state index contributed by atoms with van der Waals surface area (Å²) < 4.78 is 45.1. The third-order valence-electron chi connectivity index (χ3n) is 7.07.